The maximum atomic E-state index is 6.84. The molecule has 0 aliphatic rings. The summed E-state index contributed by atoms with van der Waals surface area (Å²) in [5, 5.41) is 0. The summed E-state index contributed by atoms with van der Waals surface area (Å²) in [4.78, 5) is 0. The van der Waals surface area contributed by atoms with Crippen molar-refractivity contribution in [1.29, 1.82) is 0 Å². The third-order valence-electron chi connectivity index (χ3n) is 3.07. The van der Waals surface area contributed by atoms with E-state index in [0.717, 1.165) is 12.8 Å². The molecule has 0 fully saturated rings. The molecule has 0 N–H and O–H groups in total. The molecule has 0 nitrogen and oxygen atoms in total. The van der Waals surface area contributed by atoms with Crippen LogP contribution in [0.25, 0.3) is 0 Å². The molecule has 0 saturated heterocycles. The lowest BCUT2D eigenvalue weighted by Gasteiger charge is -2.10. The fourth-order valence-electron chi connectivity index (χ4n) is 2.30. The van der Waals surface area contributed by atoms with E-state index in [1.165, 1.54) is 41.5 Å². The molecule has 0 aromatic heterocycles. The van der Waals surface area contributed by atoms with Gasteiger partial charge < -0.3 is 0 Å². The van der Waals surface area contributed by atoms with Crippen LogP contribution in [-0.2, 0) is 6.42 Å². The number of hydrogen-bond acceptors (Lipinski definition) is 0. The molecule has 0 atom stereocenters. The van der Waals surface area contributed by atoms with Crippen LogP contribution in [-0.4, -0.2) is 0 Å². The lowest BCUT2D eigenvalue weighted by molar-refractivity contribution is 0.689. The summed E-state index contributed by atoms with van der Waals surface area (Å²) in [5.74, 6) is 2.45. The molecule has 0 saturated carbocycles. The van der Waals surface area contributed by atoms with Crippen molar-refractivity contribution in [3.05, 3.63) is 40.8 Å². The van der Waals surface area contributed by atoms with E-state index in [-0.39, 0.29) is 0 Å². The van der Waals surface area contributed by atoms with Crippen LogP contribution >= 0.6 is 0 Å². The Morgan fingerprint density at radius 1 is 1.00 bits per heavy atom. The molecule has 0 heterocycles. The van der Waals surface area contributed by atoms with Gasteiger partial charge in [-0.15, -0.1) is 0 Å². The first kappa shape index (κ1) is 12.8. The fourth-order valence-corrected chi connectivity index (χ4v) is 2.30. The fraction of sp³-hybridized carbons (Fsp3) is 0.500. The van der Waals surface area contributed by atoms with Gasteiger partial charge in [-0.3, -0.25) is 0 Å². The molecule has 0 aliphatic heterocycles. The van der Waals surface area contributed by atoms with Gasteiger partial charge in [0.2, 0.25) is 0 Å². The standard InChI is InChI=1S/C16H21/c1-5-6-7-8-9-10-16-14(3)11-13(2)12-15(16)4/h11-12H,6-10H2,2-4H3. The van der Waals surface area contributed by atoms with Gasteiger partial charge in [0.05, 0.1) is 0 Å². The summed E-state index contributed by atoms with van der Waals surface area (Å²) in [5.41, 5.74) is 5.73. The molecule has 1 rings (SSSR count). The third kappa shape index (κ3) is 3.74. The summed E-state index contributed by atoms with van der Waals surface area (Å²) in [6, 6.07) is 4.54. The normalized spacial score (nSPS) is 10.1. The molecule has 0 bridgehead atoms. The van der Waals surface area contributed by atoms with Gasteiger partial charge >= 0.3 is 0 Å². The molecule has 0 amide bonds. The average molecular weight is 213 g/mol. The van der Waals surface area contributed by atoms with Gasteiger partial charge in [-0.05, 0) is 63.1 Å². The summed E-state index contributed by atoms with van der Waals surface area (Å²) in [6.07, 6.45) is 12.4. The molecule has 0 spiro atoms. The number of hydrogen-bond donors (Lipinski definition) is 0. The van der Waals surface area contributed by atoms with E-state index < -0.39 is 0 Å². The van der Waals surface area contributed by atoms with Gasteiger partial charge in [0, 0.05) is 6.42 Å². The van der Waals surface area contributed by atoms with Crippen molar-refractivity contribution in [2.75, 3.05) is 0 Å². The minimum Gasteiger partial charge on any atom is -0.0891 e. The zero-order valence-corrected chi connectivity index (χ0v) is 10.7. The Morgan fingerprint density at radius 3 is 2.19 bits per heavy atom. The Bertz CT molecular complexity index is 357. The van der Waals surface area contributed by atoms with E-state index in [1.54, 1.807) is 0 Å². The van der Waals surface area contributed by atoms with Crippen LogP contribution in [0.15, 0.2) is 12.1 Å². The van der Waals surface area contributed by atoms with E-state index in [9.17, 15) is 0 Å². The van der Waals surface area contributed by atoms with E-state index in [0.29, 0.717) is 0 Å². The van der Waals surface area contributed by atoms with Gasteiger partial charge in [0.25, 0.3) is 0 Å². The largest absolute Gasteiger partial charge is 0.0891 e. The highest BCUT2D eigenvalue weighted by molar-refractivity contribution is 5.37. The van der Waals surface area contributed by atoms with Crippen LogP contribution in [0.5, 0.6) is 0 Å². The maximum absolute atomic E-state index is 6.84. The van der Waals surface area contributed by atoms with Gasteiger partial charge in [0.15, 0.2) is 0 Å². The van der Waals surface area contributed by atoms with E-state index >= 15 is 0 Å². The molecular formula is C16H21. The molecule has 0 aliphatic carbocycles. The second-order valence-corrected chi connectivity index (χ2v) is 4.61. The molecule has 1 aromatic rings. The molecule has 1 radical (unpaired) electrons. The Balaban J connectivity index is 2.51. The third-order valence-corrected chi connectivity index (χ3v) is 3.07. The van der Waals surface area contributed by atoms with Crippen molar-refractivity contribution in [2.45, 2.75) is 52.9 Å². The zero-order chi connectivity index (χ0) is 12.0. The van der Waals surface area contributed by atoms with Crippen LogP contribution in [0.4, 0.5) is 0 Å². The second kappa shape index (κ2) is 6.38. The van der Waals surface area contributed by atoms with Gasteiger partial charge in [0.1, 0.15) is 0 Å². The van der Waals surface area contributed by atoms with Crippen LogP contribution in [0.3, 0.4) is 0 Å². The first-order chi connectivity index (χ1) is 7.65. The van der Waals surface area contributed by atoms with Crippen molar-refractivity contribution in [3.63, 3.8) is 0 Å². The van der Waals surface area contributed by atoms with Crippen LogP contribution in [0.2, 0.25) is 0 Å². The monoisotopic (exact) mass is 213 g/mol. The molecular weight excluding hydrogens is 192 g/mol. The molecule has 16 heavy (non-hydrogen) atoms. The molecule has 1 aromatic carbocycles. The first-order valence-electron chi connectivity index (χ1n) is 6.11. The summed E-state index contributed by atoms with van der Waals surface area (Å²) >= 11 is 0. The number of aryl methyl sites for hydroxylation is 3. The van der Waals surface area contributed by atoms with Crippen molar-refractivity contribution in [1.82, 2.24) is 0 Å². The Labute approximate surface area is 100 Å². The Kier molecular flexibility index (Phi) is 5.12. The summed E-state index contributed by atoms with van der Waals surface area (Å²) in [6.45, 7) is 6.57. The Morgan fingerprint density at radius 2 is 1.62 bits per heavy atom. The van der Waals surface area contributed by atoms with Crippen molar-refractivity contribution in [3.8, 4) is 5.92 Å². The smallest absolute Gasteiger partial charge is 0.00989 e. The van der Waals surface area contributed by atoms with Crippen molar-refractivity contribution in [2.24, 2.45) is 0 Å². The zero-order valence-electron chi connectivity index (χ0n) is 10.7. The first-order valence-corrected chi connectivity index (χ1v) is 6.11. The number of unbranched alkanes of at least 4 members (excludes halogenated alkanes) is 3. The predicted octanol–water partition coefficient (Wildman–Crippen LogP) is 4.30. The van der Waals surface area contributed by atoms with Crippen LogP contribution < -0.4 is 0 Å². The van der Waals surface area contributed by atoms with Gasteiger partial charge in [-0.2, -0.15) is 0 Å². The van der Waals surface area contributed by atoms with Gasteiger partial charge in [-0.25, -0.2) is 0 Å². The lowest BCUT2D eigenvalue weighted by atomic mass is 9.95. The minimum atomic E-state index is 0.811. The van der Waals surface area contributed by atoms with Crippen molar-refractivity contribution >= 4 is 0 Å². The molecule has 0 unspecified atom stereocenters. The highest BCUT2D eigenvalue weighted by Gasteiger charge is 2.03. The number of rotatable bonds is 5. The quantitative estimate of drug-likeness (QED) is 0.505. The highest BCUT2D eigenvalue weighted by atomic mass is 14.1. The SMILES string of the molecule is [C]#CCCCCCc1c(C)cc(C)cc1C. The Hall–Kier alpha value is -1.22. The lowest BCUT2D eigenvalue weighted by Crippen LogP contribution is -1.95. The predicted molar refractivity (Wildman–Crippen MR) is 70.0 cm³/mol. The van der Waals surface area contributed by atoms with E-state index in [4.69, 9.17) is 6.42 Å². The van der Waals surface area contributed by atoms with E-state index in [2.05, 4.69) is 38.8 Å². The van der Waals surface area contributed by atoms with Crippen LogP contribution in [0.1, 0.15) is 47.9 Å². The summed E-state index contributed by atoms with van der Waals surface area (Å²) < 4.78 is 0. The molecule has 0 heteroatoms. The summed E-state index contributed by atoms with van der Waals surface area (Å²) in [7, 11) is 0. The van der Waals surface area contributed by atoms with Gasteiger partial charge in [-0.1, -0.05) is 30.0 Å². The topological polar surface area (TPSA) is 0 Å². The van der Waals surface area contributed by atoms with Crippen molar-refractivity contribution < 1.29 is 0 Å². The minimum absolute atomic E-state index is 0.811. The average Bonchev–Trinajstić information content (AvgIpc) is 2.20. The van der Waals surface area contributed by atoms with E-state index in [1.807, 2.05) is 0 Å². The maximum Gasteiger partial charge on any atom is 0.00989 e. The molecule has 85 valence electrons. The van der Waals surface area contributed by atoms with Crippen LogP contribution in [0, 0.1) is 33.1 Å². The second-order valence-electron chi connectivity index (χ2n) is 4.61. The highest BCUT2D eigenvalue weighted by Crippen LogP contribution is 2.19. The number of benzene rings is 1.